The van der Waals surface area contributed by atoms with Gasteiger partial charge in [0.05, 0.1) is 3.79 Å². The first-order valence-electron chi connectivity index (χ1n) is 7.60. The number of thiophene rings is 1. The van der Waals surface area contributed by atoms with Crippen LogP contribution in [0.2, 0.25) is 0 Å². The van der Waals surface area contributed by atoms with Crippen LogP contribution in [0.25, 0.3) is 0 Å². The molecule has 1 fully saturated rings. The molecule has 1 saturated heterocycles. The van der Waals surface area contributed by atoms with Crippen LogP contribution in [-0.4, -0.2) is 43.3 Å². The molecule has 3 heterocycles. The second-order valence-electron chi connectivity index (χ2n) is 6.02. The number of rotatable bonds is 3. The summed E-state index contributed by atoms with van der Waals surface area (Å²) >= 11 is 4.60. The van der Waals surface area contributed by atoms with E-state index in [9.17, 15) is 8.42 Å². The molecule has 2 aliphatic heterocycles. The third-order valence-electron chi connectivity index (χ3n) is 4.65. The SMILES string of the molecule is O=S(=O)(c1ccc(Br)s1)N1CC(N2CCc3ccccc3C2)C1. The van der Waals surface area contributed by atoms with Crippen LogP contribution in [0.5, 0.6) is 0 Å². The second-order valence-corrected chi connectivity index (χ2v) is 10.7. The number of benzene rings is 1. The van der Waals surface area contributed by atoms with Crippen molar-refractivity contribution in [2.24, 2.45) is 0 Å². The lowest BCUT2D eigenvalue weighted by molar-refractivity contribution is 0.0770. The summed E-state index contributed by atoms with van der Waals surface area (Å²) < 4.78 is 28.0. The maximum atomic E-state index is 12.6. The van der Waals surface area contributed by atoms with Crippen LogP contribution in [0, 0.1) is 0 Å². The van der Waals surface area contributed by atoms with Gasteiger partial charge < -0.3 is 0 Å². The lowest BCUT2D eigenvalue weighted by atomic mass is 9.97. The van der Waals surface area contributed by atoms with Gasteiger partial charge in [0, 0.05) is 32.2 Å². The van der Waals surface area contributed by atoms with Gasteiger partial charge in [-0.05, 0) is 45.6 Å². The highest BCUT2D eigenvalue weighted by atomic mass is 79.9. The molecule has 2 aliphatic rings. The summed E-state index contributed by atoms with van der Waals surface area (Å²) in [4.78, 5) is 2.42. The van der Waals surface area contributed by atoms with Gasteiger partial charge in [-0.2, -0.15) is 4.31 Å². The molecule has 0 aliphatic carbocycles. The van der Waals surface area contributed by atoms with Crippen molar-refractivity contribution in [3.05, 3.63) is 51.3 Å². The molecule has 1 aromatic heterocycles. The van der Waals surface area contributed by atoms with Crippen LogP contribution < -0.4 is 0 Å². The van der Waals surface area contributed by atoms with Crippen molar-refractivity contribution in [2.75, 3.05) is 19.6 Å². The fourth-order valence-corrected chi connectivity index (χ4v) is 6.92. The Morgan fingerprint density at radius 2 is 1.83 bits per heavy atom. The molecule has 0 spiro atoms. The first-order valence-corrected chi connectivity index (χ1v) is 10.7. The maximum Gasteiger partial charge on any atom is 0.252 e. The van der Waals surface area contributed by atoms with Crippen LogP contribution >= 0.6 is 27.3 Å². The zero-order valence-electron chi connectivity index (χ0n) is 12.5. The lowest BCUT2D eigenvalue weighted by Gasteiger charge is -2.45. The van der Waals surface area contributed by atoms with E-state index in [1.54, 1.807) is 16.4 Å². The Bertz CT molecular complexity index is 828. The number of fused-ring (bicyclic) bond motifs is 1. The van der Waals surface area contributed by atoms with Crippen LogP contribution in [0.4, 0.5) is 0 Å². The van der Waals surface area contributed by atoms with Crippen LogP contribution in [0.3, 0.4) is 0 Å². The van der Waals surface area contributed by atoms with Gasteiger partial charge in [0.25, 0.3) is 10.0 Å². The van der Waals surface area contributed by atoms with E-state index in [0.29, 0.717) is 23.3 Å². The lowest BCUT2D eigenvalue weighted by Crippen LogP contribution is -2.61. The molecule has 0 bridgehead atoms. The van der Waals surface area contributed by atoms with Crippen molar-refractivity contribution in [1.29, 1.82) is 0 Å². The molecule has 0 atom stereocenters. The molecular weight excluding hydrogens is 396 g/mol. The molecule has 1 aromatic carbocycles. The highest BCUT2D eigenvalue weighted by Gasteiger charge is 2.40. The van der Waals surface area contributed by atoms with Gasteiger partial charge in [0.1, 0.15) is 4.21 Å². The van der Waals surface area contributed by atoms with Gasteiger partial charge >= 0.3 is 0 Å². The Balaban J connectivity index is 1.42. The first-order chi connectivity index (χ1) is 11.0. The smallest absolute Gasteiger partial charge is 0.252 e. The first kappa shape index (κ1) is 15.8. The average Bonchev–Trinajstić information content (AvgIpc) is 2.93. The molecule has 0 N–H and O–H groups in total. The van der Waals surface area contributed by atoms with E-state index >= 15 is 0 Å². The molecule has 4 rings (SSSR count). The molecule has 7 heteroatoms. The highest BCUT2D eigenvalue weighted by Crippen LogP contribution is 2.32. The minimum Gasteiger partial charge on any atom is -0.293 e. The van der Waals surface area contributed by atoms with Crippen LogP contribution in [0.1, 0.15) is 11.1 Å². The molecular formula is C16H17BrN2O2S2. The Morgan fingerprint density at radius 3 is 2.52 bits per heavy atom. The van der Waals surface area contributed by atoms with E-state index in [1.807, 2.05) is 0 Å². The molecule has 23 heavy (non-hydrogen) atoms. The number of halogens is 1. The minimum atomic E-state index is -3.32. The summed E-state index contributed by atoms with van der Waals surface area (Å²) in [7, 11) is -3.32. The summed E-state index contributed by atoms with van der Waals surface area (Å²) in [6.45, 7) is 3.14. The summed E-state index contributed by atoms with van der Waals surface area (Å²) in [5.74, 6) is 0. The highest BCUT2D eigenvalue weighted by molar-refractivity contribution is 9.11. The van der Waals surface area contributed by atoms with E-state index in [1.165, 1.54) is 22.5 Å². The van der Waals surface area contributed by atoms with Crippen LogP contribution in [-0.2, 0) is 23.0 Å². The monoisotopic (exact) mass is 412 g/mol. The van der Waals surface area contributed by atoms with Gasteiger partial charge in [-0.3, -0.25) is 4.90 Å². The summed E-state index contributed by atoms with van der Waals surface area (Å²) in [6.07, 6.45) is 1.05. The number of hydrogen-bond donors (Lipinski definition) is 0. The van der Waals surface area contributed by atoms with Crippen molar-refractivity contribution in [3.8, 4) is 0 Å². The fraction of sp³-hybridized carbons (Fsp3) is 0.375. The number of hydrogen-bond acceptors (Lipinski definition) is 4. The van der Waals surface area contributed by atoms with Gasteiger partial charge in [0.2, 0.25) is 0 Å². The molecule has 122 valence electrons. The molecule has 4 nitrogen and oxygen atoms in total. The molecule has 0 radical (unpaired) electrons. The molecule has 0 saturated carbocycles. The zero-order chi connectivity index (χ0) is 16.0. The quantitative estimate of drug-likeness (QED) is 0.777. The summed E-state index contributed by atoms with van der Waals surface area (Å²) in [5.41, 5.74) is 2.80. The third kappa shape index (κ3) is 2.89. The van der Waals surface area contributed by atoms with E-state index in [-0.39, 0.29) is 0 Å². The van der Waals surface area contributed by atoms with Crippen molar-refractivity contribution in [2.45, 2.75) is 23.2 Å². The Hall–Kier alpha value is -0.730. The van der Waals surface area contributed by atoms with Crippen molar-refractivity contribution in [3.63, 3.8) is 0 Å². The standard InChI is InChI=1S/C16H17BrN2O2S2/c17-15-5-6-16(22-15)23(20,21)19-10-14(11-19)18-8-7-12-3-1-2-4-13(12)9-18/h1-6,14H,7-11H2. The largest absolute Gasteiger partial charge is 0.293 e. The van der Waals surface area contributed by atoms with E-state index in [2.05, 4.69) is 45.1 Å². The van der Waals surface area contributed by atoms with Gasteiger partial charge in [-0.1, -0.05) is 24.3 Å². The van der Waals surface area contributed by atoms with Crippen LogP contribution in [0.15, 0.2) is 44.4 Å². The molecule has 0 unspecified atom stereocenters. The number of nitrogens with zero attached hydrogens (tertiary/aromatic N) is 2. The van der Waals surface area contributed by atoms with Gasteiger partial charge in [0.15, 0.2) is 0 Å². The van der Waals surface area contributed by atoms with Gasteiger partial charge in [-0.25, -0.2) is 8.42 Å². The molecule has 0 amide bonds. The summed E-state index contributed by atoms with van der Waals surface area (Å²) in [6, 6.07) is 12.3. The number of sulfonamides is 1. The molecule has 2 aromatic rings. The van der Waals surface area contributed by atoms with E-state index in [4.69, 9.17) is 0 Å². The predicted molar refractivity (Wildman–Crippen MR) is 95.1 cm³/mol. The van der Waals surface area contributed by atoms with Crippen molar-refractivity contribution >= 4 is 37.3 Å². The average molecular weight is 413 g/mol. The zero-order valence-corrected chi connectivity index (χ0v) is 15.7. The van der Waals surface area contributed by atoms with E-state index in [0.717, 1.165) is 23.3 Å². The van der Waals surface area contributed by atoms with Crippen molar-refractivity contribution < 1.29 is 8.42 Å². The Labute approximate surface area is 148 Å². The Kier molecular flexibility index (Phi) is 4.09. The fourth-order valence-electron chi connectivity index (χ4n) is 3.24. The summed E-state index contributed by atoms with van der Waals surface area (Å²) in [5, 5.41) is 0. The minimum absolute atomic E-state index is 0.335. The van der Waals surface area contributed by atoms with E-state index < -0.39 is 10.0 Å². The van der Waals surface area contributed by atoms with Gasteiger partial charge in [-0.15, -0.1) is 11.3 Å². The van der Waals surface area contributed by atoms with Crippen molar-refractivity contribution in [1.82, 2.24) is 9.21 Å². The predicted octanol–water partition coefficient (Wildman–Crippen LogP) is 2.94. The third-order valence-corrected chi connectivity index (χ3v) is 8.57. The second kappa shape index (κ2) is 5.97. The normalized spacial score (nSPS) is 20.2. The Morgan fingerprint density at radius 1 is 1.09 bits per heavy atom. The maximum absolute atomic E-state index is 12.6. The topological polar surface area (TPSA) is 40.6 Å².